The van der Waals surface area contributed by atoms with Crippen LogP contribution in [0.3, 0.4) is 0 Å². The fourth-order valence-corrected chi connectivity index (χ4v) is 2.87. The fourth-order valence-electron chi connectivity index (χ4n) is 1.98. The van der Waals surface area contributed by atoms with Gasteiger partial charge in [0.2, 0.25) is 0 Å². The van der Waals surface area contributed by atoms with Crippen molar-refractivity contribution in [3.8, 4) is 0 Å². The average molecular weight is 326 g/mol. The summed E-state index contributed by atoms with van der Waals surface area (Å²) >= 11 is 9.40. The van der Waals surface area contributed by atoms with E-state index in [4.69, 9.17) is 11.6 Å². The number of hydrogen-bond acceptors (Lipinski definition) is 1. The monoisotopic (exact) mass is 324 g/mol. The van der Waals surface area contributed by atoms with Gasteiger partial charge in [-0.25, -0.2) is 0 Å². The van der Waals surface area contributed by atoms with Crippen molar-refractivity contribution in [2.24, 2.45) is 0 Å². The summed E-state index contributed by atoms with van der Waals surface area (Å²) in [5, 5.41) is 11.1. The number of aliphatic hydroxyl groups excluding tert-OH is 1. The molecule has 18 heavy (non-hydrogen) atoms. The third kappa shape index (κ3) is 2.77. The Hall–Kier alpha value is -0.830. The summed E-state index contributed by atoms with van der Waals surface area (Å²) in [6.07, 6.45) is -0.653. The fraction of sp³-hybridized carbons (Fsp3) is 0.200. The van der Waals surface area contributed by atoms with Gasteiger partial charge in [0.05, 0.1) is 0 Å². The van der Waals surface area contributed by atoms with E-state index in [1.807, 2.05) is 38.1 Å². The van der Waals surface area contributed by atoms with Crippen LogP contribution in [0.1, 0.15) is 28.4 Å². The largest absolute Gasteiger partial charge is 0.384 e. The molecule has 0 saturated carbocycles. The van der Waals surface area contributed by atoms with Crippen molar-refractivity contribution in [2.75, 3.05) is 0 Å². The Bertz CT molecular complexity index is 560. The van der Waals surface area contributed by atoms with E-state index in [0.29, 0.717) is 5.02 Å². The van der Waals surface area contributed by atoms with Gasteiger partial charge in [-0.3, -0.25) is 0 Å². The van der Waals surface area contributed by atoms with Crippen LogP contribution in [0.25, 0.3) is 0 Å². The van der Waals surface area contributed by atoms with E-state index in [-0.39, 0.29) is 0 Å². The van der Waals surface area contributed by atoms with Crippen LogP contribution in [0.4, 0.5) is 0 Å². The Balaban J connectivity index is 2.47. The van der Waals surface area contributed by atoms with Gasteiger partial charge >= 0.3 is 0 Å². The maximum atomic E-state index is 10.5. The summed E-state index contributed by atoms with van der Waals surface area (Å²) in [5.74, 6) is 0. The number of halogens is 2. The summed E-state index contributed by atoms with van der Waals surface area (Å²) < 4.78 is 0.870. The van der Waals surface area contributed by atoms with Gasteiger partial charge in [-0.05, 0) is 54.3 Å². The van der Waals surface area contributed by atoms with Crippen LogP contribution < -0.4 is 0 Å². The second-order valence-electron chi connectivity index (χ2n) is 4.39. The molecule has 0 radical (unpaired) electrons. The van der Waals surface area contributed by atoms with E-state index >= 15 is 0 Å². The van der Waals surface area contributed by atoms with E-state index < -0.39 is 6.10 Å². The maximum absolute atomic E-state index is 10.5. The van der Waals surface area contributed by atoms with Crippen LogP contribution in [0.15, 0.2) is 40.9 Å². The van der Waals surface area contributed by atoms with Crippen LogP contribution >= 0.6 is 27.5 Å². The molecule has 2 rings (SSSR count). The van der Waals surface area contributed by atoms with Crippen molar-refractivity contribution in [2.45, 2.75) is 20.0 Å². The second kappa shape index (κ2) is 5.43. The molecule has 0 bridgehead atoms. The van der Waals surface area contributed by atoms with Gasteiger partial charge in [0.1, 0.15) is 6.10 Å². The Morgan fingerprint density at radius 2 is 1.89 bits per heavy atom. The van der Waals surface area contributed by atoms with E-state index in [9.17, 15) is 5.11 Å². The molecule has 0 spiro atoms. The molecule has 0 aliphatic rings. The quantitative estimate of drug-likeness (QED) is 0.841. The third-order valence-electron chi connectivity index (χ3n) is 3.14. The number of hydrogen-bond donors (Lipinski definition) is 1. The molecule has 1 nitrogen and oxygen atoms in total. The van der Waals surface area contributed by atoms with Gasteiger partial charge in [0.25, 0.3) is 0 Å². The molecule has 1 unspecified atom stereocenters. The summed E-state index contributed by atoms with van der Waals surface area (Å²) in [7, 11) is 0. The lowest BCUT2D eigenvalue weighted by Crippen LogP contribution is -2.03. The Labute approximate surface area is 121 Å². The zero-order chi connectivity index (χ0) is 13.3. The number of rotatable bonds is 2. The molecule has 1 atom stereocenters. The van der Waals surface area contributed by atoms with Crippen molar-refractivity contribution in [1.82, 2.24) is 0 Å². The minimum Gasteiger partial charge on any atom is -0.384 e. The first-order chi connectivity index (χ1) is 8.49. The highest BCUT2D eigenvalue weighted by atomic mass is 79.9. The van der Waals surface area contributed by atoms with Crippen molar-refractivity contribution in [3.63, 3.8) is 0 Å². The van der Waals surface area contributed by atoms with Crippen LogP contribution in [0, 0.1) is 13.8 Å². The molecule has 0 aliphatic heterocycles. The van der Waals surface area contributed by atoms with Gasteiger partial charge in [0.15, 0.2) is 0 Å². The number of aryl methyl sites for hydroxylation is 1. The first-order valence-corrected chi connectivity index (χ1v) is 6.86. The molecule has 0 fully saturated rings. The summed E-state index contributed by atoms with van der Waals surface area (Å²) in [6.45, 7) is 4.06. The van der Waals surface area contributed by atoms with Crippen LogP contribution in [-0.2, 0) is 0 Å². The Kier molecular flexibility index (Phi) is 4.10. The highest BCUT2D eigenvalue weighted by molar-refractivity contribution is 9.10. The first-order valence-electron chi connectivity index (χ1n) is 5.69. The van der Waals surface area contributed by atoms with E-state index in [2.05, 4.69) is 15.9 Å². The number of benzene rings is 2. The standard InChI is InChI=1S/C15H14BrClO/c1-9-4-3-5-14(10(9)2)15(18)11-6-12(16)8-13(17)7-11/h3-8,15,18H,1-2H3. The molecule has 0 amide bonds. The van der Waals surface area contributed by atoms with E-state index in [1.54, 1.807) is 12.1 Å². The molecule has 0 aliphatic carbocycles. The Morgan fingerprint density at radius 1 is 1.17 bits per heavy atom. The minimum absolute atomic E-state index is 0.615. The van der Waals surface area contributed by atoms with Gasteiger partial charge < -0.3 is 5.11 Å². The summed E-state index contributed by atoms with van der Waals surface area (Å²) in [5.41, 5.74) is 4.00. The first kappa shape index (κ1) is 13.6. The Morgan fingerprint density at radius 3 is 2.56 bits per heavy atom. The average Bonchev–Trinajstić information content (AvgIpc) is 2.30. The topological polar surface area (TPSA) is 20.2 Å². The SMILES string of the molecule is Cc1cccc(C(O)c2cc(Cl)cc(Br)c2)c1C. The normalized spacial score (nSPS) is 12.5. The highest BCUT2D eigenvalue weighted by Crippen LogP contribution is 2.30. The maximum Gasteiger partial charge on any atom is 0.104 e. The third-order valence-corrected chi connectivity index (χ3v) is 3.82. The van der Waals surface area contributed by atoms with E-state index in [0.717, 1.165) is 21.2 Å². The van der Waals surface area contributed by atoms with Crippen LogP contribution in [0.2, 0.25) is 5.02 Å². The van der Waals surface area contributed by atoms with Crippen LogP contribution in [-0.4, -0.2) is 5.11 Å². The van der Waals surface area contributed by atoms with E-state index in [1.165, 1.54) is 5.56 Å². The molecule has 0 heterocycles. The van der Waals surface area contributed by atoms with Crippen molar-refractivity contribution in [3.05, 3.63) is 68.1 Å². The molecule has 94 valence electrons. The predicted octanol–water partition coefficient (Wildman–Crippen LogP) is 4.80. The van der Waals surface area contributed by atoms with Crippen molar-refractivity contribution >= 4 is 27.5 Å². The highest BCUT2D eigenvalue weighted by Gasteiger charge is 2.14. The molecule has 2 aromatic rings. The second-order valence-corrected chi connectivity index (χ2v) is 5.75. The van der Waals surface area contributed by atoms with Gasteiger partial charge in [0, 0.05) is 9.50 Å². The summed E-state index contributed by atoms with van der Waals surface area (Å²) in [4.78, 5) is 0. The lowest BCUT2D eigenvalue weighted by Gasteiger charge is -2.16. The van der Waals surface area contributed by atoms with Crippen molar-refractivity contribution in [1.29, 1.82) is 0 Å². The molecular weight excluding hydrogens is 312 g/mol. The molecule has 3 heteroatoms. The van der Waals surface area contributed by atoms with Gasteiger partial charge in [-0.1, -0.05) is 45.7 Å². The molecule has 2 aromatic carbocycles. The minimum atomic E-state index is -0.653. The van der Waals surface area contributed by atoms with Gasteiger partial charge in [-0.15, -0.1) is 0 Å². The van der Waals surface area contributed by atoms with Crippen LogP contribution in [0.5, 0.6) is 0 Å². The molecule has 0 saturated heterocycles. The lowest BCUT2D eigenvalue weighted by atomic mass is 9.95. The summed E-state index contributed by atoms with van der Waals surface area (Å²) in [6, 6.07) is 11.4. The molecular formula is C15H14BrClO. The van der Waals surface area contributed by atoms with Crippen molar-refractivity contribution < 1.29 is 5.11 Å². The zero-order valence-electron chi connectivity index (χ0n) is 10.2. The van der Waals surface area contributed by atoms with Gasteiger partial charge in [-0.2, -0.15) is 0 Å². The molecule has 1 N–H and O–H groups in total. The number of aliphatic hydroxyl groups is 1. The molecule has 0 aromatic heterocycles. The zero-order valence-corrected chi connectivity index (χ0v) is 12.6. The predicted molar refractivity (Wildman–Crippen MR) is 79.1 cm³/mol. The smallest absolute Gasteiger partial charge is 0.104 e. The lowest BCUT2D eigenvalue weighted by molar-refractivity contribution is 0.219.